The third kappa shape index (κ3) is 3.86. The summed E-state index contributed by atoms with van der Waals surface area (Å²) in [5, 5.41) is 0. The van der Waals surface area contributed by atoms with Gasteiger partial charge in [-0.15, -0.1) is 0 Å². The zero-order valence-electron chi connectivity index (χ0n) is 14.3. The van der Waals surface area contributed by atoms with Crippen LogP contribution in [0.3, 0.4) is 0 Å². The second-order valence-corrected chi connectivity index (χ2v) is 6.91. The van der Waals surface area contributed by atoms with Gasteiger partial charge in [0.25, 0.3) is 0 Å². The van der Waals surface area contributed by atoms with E-state index in [0.717, 1.165) is 25.8 Å². The van der Waals surface area contributed by atoms with Crippen molar-refractivity contribution in [3.63, 3.8) is 0 Å². The number of carbonyl (C=O) groups excluding carboxylic acids is 1. The quantitative estimate of drug-likeness (QED) is 0.856. The average Bonchev–Trinajstić information content (AvgIpc) is 2.59. The van der Waals surface area contributed by atoms with Gasteiger partial charge in [0.2, 0.25) is 5.91 Å². The Hall–Kier alpha value is -1.55. The van der Waals surface area contributed by atoms with Crippen LogP contribution in [0.4, 0.5) is 5.69 Å². The molecule has 2 fully saturated rings. The molecule has 1 saturated carbocycles. The van der Waals surface area contributed by atoms with Crippen LogP contribution in [0, 0.1) is 0 Å². The summed E-state index contributed by atoms with van der Waals surface area (Å²) in [4.78, 5) is 16.9. The van der Waals surface area contributed by atoms with Crippen LogP contribution in [0.2, 0.25) is 0 Å². The van der Waals surface area contributed by atoms with E-state index in [2.05, 4.69) is 34.1 Å². The standard InChI is InChI=1S/C19H28N2O2/c1-20(2)16-7-5-6-15(14-16)10-11-19(22)21-12-13-23-18-9-4-3-8-17(18)21/h5-7,14,17-18H,3-4,8-13H2,1-2H3. The molecule has 2 atom stereocenters. The van der Waals surface area contributed by atoms with Gasteiger partial charge in [-0.2, -0.15) is 0 Å². The van der Waals surface area contributed by atoms with Crippen LogP contribution in [-0.4, -0.2) is 50.2 Å². The fraction of sp³-hybridized carbons (Fsp3) is 0.632. The molecule has 0 N–H and O–H groups in total. The fourth-order valence-corrected chi connectivity index (χ4v) is 3.79. The molecule has 0 bridgehead atoms. The molecule has 4 heteroatoms. The molecule has 0 spiro atoms. The number of carbonyl (C=O) groups is 1. The van der Waals surface area contributed by atoms with E-state index in [-0.39, 0.29) is 6.10 Å². The molecule has 1 aliphatic carbocycles. The Bertz CT molecular complexity index is 542. The Balaban J connectivity index is 1.59. The lowest BCUT2D eigenvalue weighted by Crippen LogP contribution is -2.54. The predicted molar refractivity (Wildman–Crippen MR) is 92.8 cm³/mol. The van der Waals surface area contributed by atoms with Gasteiger partial charge in [-0.25, -0.2) is 0 Å². The Kier molecular flexibility index (Phi) is 5.21. The minimum atomic E-state index is 0.276. The van der Waals surface area contributed by atoms with E-state index in [0.29, 0.717) is 25.0 Å². The predicted octanol–water partition coefficient (Wildman–Crippen LogP) is 2.86. The van der Waals surface area contributed by atoms with Crippen LogP contribution in [0.25, 0.3) is 0 Å². The van der Waals surface area contributed by atoms with Crippen molar-refractivity contribution in [1.29, 1.82) is 0 Å². The summed E-state index contributed by atoms with van der Waals surface area (Å²) in [6.07, 6.45) is 6.36. The number of rotatable bonds is 4. The molecule has 0 aromatic heterocycles. The normalized spacial score (nSPS) is 24.2. The number of hydrogen-bond acceptors (Lipinski definition) is 3. The Morgan fingerprint density at radius 1 is 1.30 bits per heavy atom. The molecular weight excluding hydrogens is 288 g/mol. The maximum atomic E-state index is 12.7. The molecule has 4 nitrogen and oxygen atoms in total. The first-order valence-corrected chi connectivity index (χ1v) is 8.82. The summed E-state index contributed by atoms with van der Waals surface area (Å²) in [5.41, 5.74) is 2.42. The van der Waals surface area contributed by atoms with Crippen molar-refractivity contribution < 1.29 is 9.53 Å². The van der Waals surface area contributed by atoms with Crippen LogP contribution in [0.15, 0.2) is 24.3 Å². The largest absolute Gasteiger partial charge is 0.378 e. The highest BCUT2D eigenvalue weighted by Crippen LogP contribution is 2.29. The second kappa shape index (κ2) is 7.35. The number of nitrogens with zero attached hydrogens (tertiary/aromatic N) is 2. The number of ether oxygens (including phenoxy) is 1. The molecule has 2 aliphatic rings. The van der Waals surface area contributed by atoms with E-state index in [1.54, 1.807) is 0 Å². The summed E-state index contributed by atoms with van der Waals surface area (Å²) in [6, 6.07) is 8.78. The number of aryl methyl sites for hydroxylation is 1. The molecule has 1 heterocycles. The van der Waals surface area contributed by atoms with Gasteiger partial charge >= 0.3 is 0 Å². The van der Waals surface area contributed by atoms with Crippen LogP contribution in [0.5, 0.6) is 0 Å². The van der Waals surface area contributed by atoms with E-state index < -0.39 is 0 Å². The molecule has 1 saturated heterocycles. The topological polar surface area (TPSA) is 32.8 Å². The molecule has 3 rings (SSSR count). The number of fused-ring (bicyclic) bond motifs is 1. The molecule has 1 aliphatic heterocycles. The van der Waals surface area contributed by atoms with E-state index in [9.17, 15) is 4.79 Å². The highest BCUT2D eigenvalue weighted by Gasteiger charge is 2.36. The molecule has 0 radical (unpaired) electrons. The number of amides is 1. The first kappa shape index (κ1) is 16.3. The zero-order valence-corrected chi connectivity index (χ0v) is 14.3. The Labute approximate surface area is 139 Å². The monoisotopic (exact) mass is 316 g/mol. The molecule has 1 amide bonds. The van der Waals surface area contributed by atoms with E-state index >= 15 is 0 Å². The Morgan fingerprint density at radius 3 is 2.96 bits per heavy atom. The summed E-state index contributed by atoms with van der Waals surface area (Å²) in [7, 11) is 4.09. The smallest absolute Gasteiger partial charge is 0.223 e. The molecule has 1 aromatic carbocycles. The third-order valence-electron chi connectivity index (χ3n) is 5.11. The van der Waals surface area contributed by atoms with Crippen LogP contribution < -0.4 is 4.90 Å². The van der Waals surface area contributed by atoms with Crippen LogP contribution in [-0.2, 0) is 16.0 Å². The van der Waals surface area contributed by atoms with Gasteiger partial charge in [-0.1, -0.05) is 25.0 Å². The van der Waals surface area contributed by atoms with Gasteiger partial charge in [0, 0.05) is 32.7 Å². The summed E-state index contributed by atoms with van der Waals surface area (Å²) < 4.78 is 5.87. The van der Waals surface area contributed by atoms with Crippen molar-refractivity contribution in [2.24, 2.45) is 0 Å². The maximum Gasteiger partial charge on any atom is 0.223 e. The summed E-state index contributed by atoms with van der Waals surface area (Å²) in [5.74, 6) is 0.292. The third-order valence-corrected chi connectivity index (χ3v) is 5.11. The maximum absolute atomic E-state index is 12.7. The number of morpholine rings is 1. The van der Waals surface area contributed by atoms with Gasteiger partial charge in [0.05, 0.1) is 18.8 Å². The van der Waals surface area contributed by atoms with Crippen molar-refractivity contribution in [3.05, 3.63) is 29.8 Å². The van der Waals surface area contributed by atoms with Gasteiger partial charge in [-0.3, -0.25) is 4.79 Å². The molecule has 23 heavy (non-hydrogen) atoms. The van der Waals surface area contributed by atoms with Crippen molar-refractivity contribution in [2.75, 3.05) is 32.1 Å². The van der Waals surface area contributed by atoms with Crippen LogP contribution >= 0.6 is 0 Å². The fourth-order valence-electron chi connectivity index (χ4n) is 3.79. The highest BCUT2D eigenvalue weighted by molar-refractivity contribution is 5.77. The lowest BCUT2D eigenvalue weighted by atomic mass is 9.90. The van der Waals surface area contributed by atoms with Gasteiger partial charge in [0.1, 0.15) is 0 Å². The molecular formula is C19H28N2O2. The van der Waals surface area contributed by atoms with Gasteiger partial charge < -0.3 is 14.5 Å². The minimum absolute atomic E-state index is 0.276. The molecule has 126 valence electrons. The van der Waals surface area contributed by atoms with Crippen molar-refractivity contribution in [2.45, 2.75) is 50.7 Å². The van der Waals surface area contributed by atoms with E-state index in [4.69, 9.17) is 4.74 Å². The zero-order chi connectivity index (χ0) is 16.2. The average molecular weight is 316 g/mol. The number of benzene rings is 1. The second-order valence-electron chi connectivity index (χ2n) is 6.91. The van der Waals surface area contributed by atoms with E-state index in [1.165, 1.54) is 24.1 Å². The summed E-state index contributed by atoms with van der Waals surface area (Å²) >= 11 is 0. The van der Waals surface area contributed by atoms with Crippen molar-refractivity contribution in [3.8, 4) is 0 Å². The lowest BCUT2D eigenvalue weighted by Gasteiger charge is -2.43. The van der Waals surface area contributed by atoms with Crippen molar-refractivity contribution in [1.82, 2.24) is 4.90 Å². The van der Waals surface area contributed by atoms with E-state index in [1.807, 2.05) is 14.1 Å². The minimum Gasteiger partial charge on any atom is -0.378 e. The highest BCUT2D eigenvalue weighted by atomic mass is 16.5. The molecule has 2 unspecified atom stereocenters. The first-order valence-electron chi connectivity index (χ1n) is 8.82. The first-order chi connectivity index (χ1) is 11.1. The SMILES string of the molecule is CN(C)c1cccc(CCC(=O)N2CCOC3CCCCC32)c1. The Morgan fingerprint density at radius 2 is 2.13 bits per heavy atom. The van der Waals surface area contributed by atoms with Gasteiger partial charge in [0.15, 0.2) is 0 Å². The number of anilines is 1. The molecule has 1 aromatic rings. The van der Waals surface area contributed by atoms with Crippen molar-refractivity contribution >= 4 is 11.6 Å². The van der Waals surface area contributed by atoms with Gasteiger partial charge in [-0.05, 0) is 37.0 Å². The number of hydrogen-bond donors (Lipinski definition) is 0. The van der Waals surface area contributed by atoms with Crippen LogP contribution in [0.1, 0.15) is 37.7 Å². The summed E-state index contributed by atoms with van der Waals surface area (Å²) in [6.45, 7) is 1.46. The lowest BCUT2D eigenvalue weighted by molar-refractivity contribution is -0.149.